The molecule has 3 N–H and O–H groups in total. The van der Waals surface area contributed by atoms with Crippen LogP contribution in [0.2, 0.25) is 0 Å². The number of anilines is 1. The highest BCUT2D eigenvalue weighted by Crippen LogP contribution is 2.39. The first-order valence-electron chi connectivity index (χ1n) is 8.40. The van der Waals surface area contributed by atoms with E-state index >= 15 is 0 Å². The molecule has 0 saturated carbocycles. The number of rotatable bonds is 2. The van der Waals surface area contributed by atoms with E-state index in [9.17, 15) is 13.2 Å². The van der Waals surface area contributed by atoms with Crippen LogP contribution in [-0.2, 0) is 18.0 Å². The van der Waals surface area contributed by atoms with Gasteiger partial charge in [-0.1, -0.05) is 6.07 Å². The number of carboxylic acid groups (broad SMARTS) is 1. The summed E-state index contributed by atoms with van der Waals surface area (Å²) >= 11 is 0. The van der Waals surface area contributed by atoms with Crippen molar-refractivity contribution in [3.05, 3.63) is 54.6 Å². The first-order chi connectivity index (χ1) is 14.3. The Morgan fingerprint density at radius 3 is 2.47 bits per heavy atom. The van der Waals surface area contributed by atoms with Crippen LogP contribution in [0.3, 0.4) is 0 Å². The lowest BCUT2D eigenvalue weighted by Crippen LogP contribution is -2.06. The van der Waals surface area contributed by atoms with E-state index in [4.69, 9.17) is 15.6 Å². The highest BCUT2D eigenvalue weighted by atomic mass is 19.4. The average molecular weight is 416 g/mol. The zero-order valence-electron chi connectivity index (χ0n) is 15.5. The fourth-order valence-electron chi connectivity index (χ4n) is 2.94. The van der Waals surface area contributed by atoms with Crippen molar-refractivity contribution < 1.29 is 23.1 Å². The topological polar surface area (TPSA) is 120 Å². The molecule has 0 unspecified atom stereocenters. The van der Waals surface area contributed by atoms with Gasteiger partial charge in [0.2, 0.25) is 0 Å². The van der Waals surface area contributed by atoms with Crippen molar-refractivity contribution in [1.82, 2.24) is 25.0 Å². The normalized spacial score (nSPS) is 11.1. The summed E-state index contributed by atoms with van der Waals surface area (Å²) in [5.74, 6) is 0.205. The molecule has 4 rings (SSSR count). The smallest absolute Gasteiger partial charge is 0.416 e. The molecule has 0 saturated heterocycles. The molecule has 0 fully saturated rings. The van der Waals surface area contributed by atoms with Crippen molar-refractivity contribution in [3.63, 3.8) is 0 Å². The number of halogens is 3. The van der Waals surface area contributed by atoms with Crippen molar-refractivity contribution in [2.45, 2.75) is 6.18 Å². The Morgan fingerprint density at radius 1 is 1.10 bits per heavy atom. The van der Waals surface area contributed by atoms with Gasteiger partial charge in [-0.3, -0.25) is 14.5 Å². The second-order valence-corrected chi connectivity index (χ2v) is 6.12. The number of benzene rings is 1. The van der Waals surface area contributed by atoms with Crippen LogP contribution in [0.4, 0.5) is 19.0 Å². The van der Waals surface area contributed by atoms with Crippen LogP contribution in [0, 0.1) is 0 Å². The third kappa shape index (κ3) is 4.04. The van der Waals surface area contributed by atoms with Crippen molar-refractivity contribution >= 4 is 23.1 Å². The Morgan fingerprint density at radius 2 is 1.83 bits per heavy atom. The molecule has 0 bridgehead atoms. The molecule has 154 valence electrons. The minimum Gasteiger partial charge on any atom is -0.483 e. The van der Waals surface area contributed by atoms with Crippen LogP contribution in [-0.4, -0.2) is 36.5 Å². The van der Waals surface area contributed by atoms with Gasteiger partial charge in [-0.05, 0) is 23.8 Å². The summed E-state index contributed by atoms with van der Waals surface area (Å²) in [6.45, 7) is -0.250. The summed E-state index contributed by atoms with van der Waals surface area (Å²) in [5.41, 5.74) is 6.93. The third-order valence-electron chi connectivity index (χ3n) is 4.23. The predicted molar refractivity (Wildman–Crippen MR) is 103 cm³/mol. The number of pyridine rings is 1. The summed E-state index contributed by atoms with van der Waals surface area (Å²) in [6.07, 6.45) is 1.81. The molecule has 0 aliphatic heterocycles. The molecule has 30 heavy (non-hydrogen) atoms. The van der Waals surface area contributed by atoms with E-state index in [0.29, 0.717) is 33.2 Å². The van der Waals surface area contributed by atoms with Gasteiger partial charge in [0.05, 0.1) is 11.8 Å². The van der Waals surface area contributed by atoms with Gasteiger partial charge in [-0.2, -0.15) is 18.3 Å². The molecule has 1 aromatic carbocycles. The second kappa shape index (κ2) is 8.15. The molecule has 0 aliphatic carbocycles. The number of hydrogen-bond acceptors (Lipinski definition) is 6. The highest BCUT2D eigenvalue weighted by molar-refractivity contribution is 6.01. The molecule has 11 heteroatoms. The predicted octanol–water partition coefficient (Wildman–Crippen LogP) is 3.39. The summed E-state index contributed by atoms with van der Waals surface area (Å²) < 4.78 is 41.3. The first kappa shape index (κ1) is 20.7. The number of carbonyl (C=O) groups is 1. The van der Waals surface area contributed by atoms with Crippen LogP contribution < -0.4 is 5.73 Å². The van der Waals surface area contributed by atoms with E-state index in [-0.39, 0.29) is 12.3 Å². The quantitative estimate of drug-likeness (QED) is 0.481. The van der Waals surface area contributed by atoms with Crippen LogP contribution in [0.1, 0.15) is 5.56 Å². The van der Waals surface area contributed by atoms with Crippen molar-refractivity contribution in [3.8, 4) is 22.4 Å². The molecule has 0 spiro atoms. The van der Waals surface area contributed by atoms with Gasteiger partial charge < -0.3 is 10.8 Å². The van der Waals surface area contributed by atoms with Crippen LogP contribution >= 0.6 is 0 Å². The fraction of sp³-hybridized carbons (Fsp3) is 0.105. The molecule has 3 heterocycles. The number of alkyl halides is 3. The molecule has 0 amide bonds. The Kier molecular flexibility index (Phi) is 5.63. The summed E-state index contributed by atoms with van der Waals surface area (Å²) in [6, 6.07) is 5.23. The van der Waals surface area contributed by atoms with Crippen molar-refractivity contribution in [2.75, 3.05) is 5.73 Å². The zero-order valence-corrected chi connectivity index (χ0v) is 15.5. The highest BCUT2D eigenvalue weighted by Gasteiger charge is 2.31. The van der Waals surface area contributed by atoms with E-state index in [2.05, 4.69) is 20.3 Å². The maximum absolute atomic E-state index is 13.3. The second-order valence-electron chi connectivity index (χ2n) is 6.12. The Bertz CT molecular complexity index is 1210. The third-order valence-corrected chi connectivity index (χ3v) is 4.23. The molecular formula is C19H15F3N6O2. The Labute approximate surface area is 167 Å². The van der Waals surface area contributed by atoms with Crippen molar-refractivity contribution in [1.29, 1.82) is 0 Å². The molecule has 0 aliphatic rings. The summed E-state index contributed by atoms with van der Waals surface area (Å²) in [5, 5.41) is 20.3. The number of aromatic nitrogens is 5. The maximum Gasteiger partial charge on any atom is 0.416 e. The maximum atomic E-state index is 13.3. The lowest BCUT2D eigenvalue weighted by atomic mass is 9.95. The molecule has 3 aromatic heterocycles. The van der Waals surface area contributed by atoms with Gasteiger partial charge >= 0.3 is 6.18 Å². The Hall–Kier alpha value is -4.02. The lowest BCUT2D eigenvalue weighted by Gasteiger charge is -2.14. The van der Waals surface area contributed by atoms with Crippen LogP contribution in [0.5, 0.6) is 0 Å². The van der Waals surface area contributed by atoms with E-state index < -0.39 is 11.7 Å². The molecule has 8 nitrogen and oxygen atoms in total. The Balaban J connectivity index is 0.000000806. The van der Waals surface area contributed by atoms with E-state index in [0.717, 1.165) is 12.1 Å². The molecule has 4 aromatic rings. The number of fused-ring (bicyclic) bond motifs is 1. The van der Waals surface area contributed by atoms with Gasteiger partial charge in [-0.25, -0.2) is 0 Å². The molecular weight excluding hydrogens is 401 g/mol. The minimum absolute atomic E-state index is 0.205. The SMILES string of the molecule is Cn1cc(-c2cc(C(F)(F)F)ccc2-c2nnc(N)c3cnccc23)cn1.O=CO. The van der Waals surface area contributed by atoms with Gasteiger partial charge in [0.1, 0.15) is 5.69 Å². The minimum atomic E-state index is -4.46. The van der Waals surface area contributed by atoms with E-state index in [1.54, 1.807) is 31.7 Å². The van der Waals surface area contributed by atoms with E-state index in [1.807, 2.05) is 0 Å². The van der Waals surface area contributed by atoms with Gasteiger partial charge in [0, 0.05) is 47.5 Å². The van der Waals surface area contributed by atoms with Gasteiger partial charge in [0.15, 0.2) is 5.82 Å². The standard InChI is InChI=1S/C18H13F3N6.CH2O2/c1-27-9-10(7-24-27)14-6-11(18(19,20)21)2-3-12(14)16-13-4-5-23-8-15(13)17(22)26-25-16;2-1-3/h2-9H,1H3,(H2,22,26);1H,(H,2,3). The van der Waals surface area contributed by atoms with Crippen LogP contribution in [0.25, 0.3) is 33.2 Å². The zero-order chi connectivity index (χ0) is 21.9. The number of nitrogen functional groups attached to an aromatic ring is 1. The summed E-state index contributed by atoms with van der Waals surface area (Å²) in [7, 11) is 1.70. The fourth-order valence-corrected chi connectivity index (χ4v) is 2.94. The number of nitrogens with zero attached hydrogens (tertiary/aromatic N) is 5. The number of aryl methyl sites for hydroxylation is 1. The molecule has 0 radical (unpaired) electrons. The lowest BCUT2D eigenvalue weighted by molar-refractivity contribution is -0.137. The van der Waals surface area contributed by atoms with Crippen molar-refractivity contribution in [2.24, 2.45) is 7.05 Å². The van der Waals surface area contributed by atoms with Gasteiger partial charge in [-0.15, -0.1) is 10.2 Å². The molecule has 0 atom stereocenters. The summed E-state index contributed by atoms with van der Waals surface area (Å²) in [4.78, 5) is 12.4. The largest absolute Gasteiger partial charge is 0.483 e. The average Bonchev–Trinajstić information content (AvgIpc) is 3.14. The van der Waals surface area contributed by atoms with E-state index in [1.165, 1.54) is 16.9 Å². The first-order valence-corrected chi connectivity index (χ1v) is 8.40. The number of nitrogens with two attached hydrogens (primary N) is 1. The van der Waals surface area contributed by atoms with Crippen LogP contribution in [0.15, 0.2) is 49.1 Å². The number of hydrogen-bond donors (Lipinski definition) is 2. The van der Waals surface area contributed by atoms with Gasteiger partial charge in [0.25, 0.3) is 6.47 Å². The monoisotopic (exact) mass is 416 g/mol.